The van der Waals surface area contributed by atoms with Crippen LogP contribution in [0.15, 0.2) is 54.9 Å². The molecule has 0 aliphatic heterocycles. The van der Waals surface area contributed by atoms with Gasteiger partial charge in [-0.2, -0.15) is 17.0 Å². The number of pyridine rings is 1. The van der Waals surface area contributed by atoms with E-state index in [1.165, 1.54) is 8.61 Å². The molecule has 2 aromatic rings. The highest BCUT2D eigenvalue weighted by Gasteiger charge is 2.26. The van der Waals surface area contributed by atoms with Crippen LogP contribution in [0.25, 0.3) is 0 Å². The Bertz CT molecular complexity index is 706. The van der Waals surface area contributed by atoms with Crippen LogP contribution in [0.1, 0.15) is 30.9 Å². The quantitative estimate of drug-likeness (QED) is 0.700. The monoisotopic (exact) mass is 347 g/mol. The SMILES string of the molecule is CCCCN(Cc1cccnc1)S(=O)(=O)N(C)Cc1ccccc1. The first kappa shape index (κ1) is 18.6. The zero-order valence-electron chi connectivity index (χ0n) is 14.3. The summed E-state index contributed by atoms with van der Waals surface area (Å²) in [6, 6.07) is 13.4. The van der Waals surface area contributed by atoms with Gasteiger partial charge < -0.3 is 0 Å². The van der Waals surface area contributed by atoms with Gasteiger partial charge in [0.25, 0.3) is 10.2 Å². The van der Waals surface area contributed by atoms with Gasteiger partial charge in [0.05, 0.1) is 0 Å². The molecule has 130 valence electrons. The minimum absolute atomic E-state index is 0.343. The Morgan fingerprint density at radius 1 is 1.00 bits per heavy atom. The van der Waals surface area contributed by atoms with E-state index >= 15 is 0 Å². The predicted octanol–water partition coefficient (Wildman–Crippen LogP) is 3.06. The molecule has 0 unspecified atom stereocenters. The van der Waals surface area contributed by atoms with Crippen molar-refractivity contribution in [1.82, 2.24) is 13.6 Å². The van der Waals surface area contributed by atoms with Gasteiger partial charge in [-0.25, -0.2) is 0 Å². The molecule has 1 heterocycles. The first-order valence-electron chi connectivity index (χ1n) is 8.18. The van der Waals surface area contributed by atoms with Crippen LogP contribution in [-0.4, -0.2) is 35.6 Å². The van der Waals surface area contributed by atoms with E-state index in [1.807, 2.05) is 42.5 Å². The number of unbranched alkanes of at least 4 members (excludes halogenated alkanes) is 1. The van der Waals surface area contributed by atoms with E-state index in [0.29, 0.717) is 19.6 Å². The van der Waals surface area contributed by atoms with Crippen LogP contribution in [0.2, 0.25) is 0 Å². The maximum absolute atomic E-state index is 13.0. The van der Waals surface area contributed by atoms with Crippen LogP contribution in [-0.2, 0) is 23.3 Å². The zero-order chi connectivity index (χ0) is 17.4. The van der Waals surface area contributed by atoms with Gasteiger partial charge in [0.2, 0.25) is 0 Å². The predicted molar refractivity (Wildman–Crippen MR) is 96.4 cm³/mol. The molecule has 0 spiro atoms. The summed E-state index contributed by atoms with van der Waals surface area (Å²) in [5.41, 5.74) is 1.87. The second-order valence-corrected chi connectivity index (χ2v) is 7.83. The Balaban J connectivity index is 2.15. The average Bonchev–Trinajstić information content (AvgIpc) is 2.60. The number of hydrogen-bond acceptors (Lipinski definition) is 3. The zero-order valence-corrected chi connectivity index (χ0v) is 15.1. The average molecular weight is 347 g/mol. The number of nitrogens with zero attached hydrogens (tertiary/aromatic N) is 3. The minimum Gasteiger partial charge on any atom is -0.264 e. The highest BCUT2D eigenvalue weighted by atomic mass is 32.2. The van der Waals surface area contributed by atoms with E-state index in [-0.39, 0.29) is 0 Å². The first-order valence-corrected chi connectivity index (χ1v) is 9.58. The van der Waals surface area contributed by atoms with Crippen LogP contribution in [0.3, 0.4) is 0 Å². The van der Waals surface area contributed by atoms with Gasteiger partial charge in [-0.05, 0) is 23.6 Å². The van der Waals surface area contributed by atoms with Crippen LogP contribution in [0.5, 0.6) is 0 Å². The summed E-state index contributed by atoms with van der Waals surface area (Å²) in [6.07, 6.45) is 5.18. The summed E-state index contributed by atoms with van der Waals surface area (Å²) in [4.78, 5) is 4.08. The fourth-order valence-corrected chi connectivity index (χ4v) is 3.80. The number of rotatable bonds is 9. The maximum atomic E-state index is 13.0. The molecule has 0 aliphatic rings. The Labute approximate surface area is 145 Å². The van der Waals surface area contributed by atoms with Crippen molar-refractivity contribution in [1.29, 1.82) is 0 Å². The molecule has 24 heavy (non-hydrogen) atoms. The van der Waals surface area contributed by atoms with Crippen molar-refractivity contribution >= 4 is 10.2 Å². The number of aromatic nitrogens is 1. The standard InChI is InChI=1S/C18H25N3O2S/c1-3-4-13-21(16-18-11-8-12-19-14-18)24(22,23)20(2)15-17-9-6-5-7-10-17/h5-12,14H,3-4,13,15-16H2,1-2H3. The van der Waals surface area contributed by atoms with Crippen molar-refractivity contribution in [2.24, 2.45) is 0 Å². The van der Waals surface area contributed by atoms with Gasteiger partial charge in [0.1, 0.15) is 0 Å². The minimum atomic E-state index is -3.53. The molecule has 0 fully saturated rings. The van der Waals surface area contributed by atoms with Gasteiger partial charge >= 0.3 is 0 Å². The van der Waals surface area contributed by atoms with Gasteiger partial charge in [0.15, 0.2) is 0 Å². The first-order chi connectivity index (χ1) is 11.5. The van der Waals surface area contributed by atoms with Crippen LogP contribution in [0, 0.1) is 0 Å². The highest BCUT2D eigenvalue weighted by molar-refractivity contribution is 7.86. The second kappa shape index (κ2) is 8.92. The van der Waals surface area contributed by atoms with Crippen LogP contribution < -0.4 is 0 Å². The Kier molecular flexibility index (Phi) is 6.90. The third-order valence-corrected chi connectivity index (χ3v) is 5.69. The van der Waals surface area contributed by atoms with Crippen molar-refractivity contribution in [3.8, 4) is 0 Å². The van der Waals surface area contributed by atoms with E-state index < -0.39 is 10.2 Å². The lowest BCUT2D eigenvalue weighted by atomic mass is 10.2. The fourth-order valence-electron chi connectivity index (χ4n) is 2.42. The molecule has 2 rings (SSSR count). The molecule has 0 N–H and O–H groups in total. The van der Waals surface area contributed by atoms with Crippen molar-refractivity contribution in [3.63, 3.8) is 0 Å². The maximum Gasteiger partial charge on any atom is 0.282 e. The largest absolute Gasteiger partial charge is 0.282 e. The van der Waals surface area contributed by atoms with E-state index in [4.69, 9.17) is 0 Å². The Hall–Kier alpha value is -1.76. The van der Waals surface area contributed by atoms with Crippen LogP contribution >= 0.6 is 0 Å². The van der Waals surface area contributed by atoms with Crippen molar-refractivity contribution in [3.05, 3.63) is 66.0 Å². The molecular weight excluding hydrogens is 322 g/mol. The number of benzene rings is 1. The molecule has 0 saturated heterocycles. The summed E-state index contributed by atoms with van der Waals surface area (Å²) in [5, 5.41) is 0. The lowest BCUT2D eigenvalue weighted by Gasteiger charge is -2.27. The highest BCUT2D eigenvalue weighted by Crippen LogP contribution is 2.15. The van der Waals surface area contributed by atoms with Gasteiger partial charge in [0, 0.05) is 39.1 Å². The molecule has 5 nitrogen and oxygen atoms in total. The Morgan fingerprint density at radius 2 is 1.71 bits per heavy atom. The van der Waals surface area contributed by atoms with E-state index in [2.05, 4.69) is 11.9 Å². The van der Waals surface area contributed by atoms with Crippen LogP contribution in [0.4, 0.5) is 0 Å². The molecular formula is C18H25N3O2S. The van der Waals surface area contributed by atoms with Crippen molar-refractivity contribution < 1.29 is 8.42 Å². The molecule has 6 heteroatoms. The lowest BCUT2D eigenvalue weighted by molar-refractivity contribution is 0.346. The third kappa shape index (κ3) is 5.12. The lowest BCUT2D eigenvalue weighted by Crippen LogP contribution is -2.41. The third-order valence-electron chi connectivity index (χ3n) is 3.81. The van der Waals surface area contributed by atoms with E-state index in [1.54, 1.807) is 19.4 Å². The summed E-state index contributed by atoms with van der Waals surface area (Å²) < 4.78 is 28.9. The normalized spacial score (nSPS) is 12.0. The van der Waals surface area contributed by atoms with E-state index in [9.17, 15) is 8.42 Å². The number of hydrogen-bond donors (Lipinski definition) is 0. The second-order valence-electron chi connectivity index (χ2n) is 5.80. The summed E-state index contributed by atoms with van der Waals surface area (Å²) in [6.45, 7) is 3.27. The summed E-state index contributed by atoms with van der Waals surface area (Å²) in [5.74, 6) is 0. The molecule has 0 radical (unpaired) electrons. The Morgan fingerprint density at radius 3 is 2.33 bits per heavy atom. The van der Waals surface area contributed by atoms with Gasteiger partial charge in [-0.1, -0.05) is 49.7 Å². The fraction of sp³-hybridized carbons (Fsp3) is 0.389. The van der Waals surface area contributed by atoms with Gasteiger partial charge in [-0.15, -0.1) is 0 Å². The van der Waals surface area contributed by atoms with Crippen molar-refractivity contribution in [2.75, 3.05) is 13.6 Å². The molecule has 0 atom stereocenters. The topological polar surface area (TPSA) is 53.5 Å². The summed E-state index contributed by atoms with van der Waals surface area (Å²) in [7, 11) is -1.90. The molecule has 1 aromatic heterocycles. The molecule has 0 aliphatic carbocycles. The van der Waals surface area contributed by atoms with Crippen molar-refractivity contribution in [2.45, 2.75) is 32.9 Å². The molecule has 0 amide bonds. The molecule has 1 aromatic carbocycles. The smallest absolute Gasteiger partial charge is 0.264 e. The van der Waals surface area contributed by atoms with Gasteiger partial charge in [-0.3, -0.25) is 4.98 Å². The van der Waals surface area contributed by atoms with E-state index in [0.717, 1.165) is 24.0 Å². The molecule has 0 bridgehead atoms. The molecule has 0 saturated carbocycles. The summed E-state index contributed by atoms with van der Waals surface area (Å²) >= 11 is 0.